The number of halogens is 1. The smallest absolute Gasteiger partial charge is 0.279 e. The number of carbonyl (C=O) groups excluding carboxylic acids is 2. The van der Waals surface area contributed by atoms with Crippen LogP contribution in [0.15, 0.2) is 12.1 Å². The number of imidazole rings is 1. The van der Waals surface area contributed by atoms with E-state index in [0.29, 0.717) is 30.1 Å². The quantitative estimate of drug-likeness (QED) is 0.630. The Balaban J connectivity index is 1.87. The van der Waals surface area contributed by atoms with Gasteiger partial charge in [-0.1, -0.05) is 13.8 Å². The maximum atomic E-state index is 14.6. The van der Waals surface area contributed by atoms with Gasteiger partial charge < -0.3 is 9.47 Å². The molecule has 0 unspecified atom stereocenters. The van der Waals surface area contributed by atoms with E-state index >= 15 is 0 Å². The Morgan fingerprint density at radius 1 is 1.26 bits per heavy atom. The fourth-order valence-electron chi connectivity index (χ4n) is 4.35. The Bertz CT molecular complexity index is 1190. The van der Waals surface area contributed by atoms with Crippen LogP contribution in [0.3, 0.4) is 0 Å². The molecule has 1 aliphatic rings. The summed E-state index contributed by atoms with van der Waals surface area (Å²) in [6.07, 6.45) is 0.801. The molecule has 2 aromatic heterocycles. The van der Waals surface area contributed by atoms with Gasteiger partial charge in [-0.3, -0.25) is 19.6 Å². The molecule has 0 bridgehead atoms. The normalized spacial score (nSPS) is 15.2. The lowest BCUT2D eigenvalue weighted by Crippen LogP contribution is -2.35. The van der Waals surface area contributed by atoms with Crippen LogP contribution in [-0.2, 0) is 13.1 Å². The maximum absolute atomic E-state index is 14.6. The van der Waals surface area contributed by atoms with E-state index in [1.165, 1.54) is 11.6 Å². The predicted molar refractivity (Wildman–Crippen MR) is 117 cm³/mol. The summed E-state index contributed by atoms with van der Waals surface area (Å²) in [5.41, 5.74) is 2.83. The standard InChI is InChI=1S/C22H27FN6O2/c1-6-27-11-22(4,5)12-28-18-15(8-14(10-30)9-16(18)27)24-21(28)25-20(31)19-17(23)13(3)26-29(19)7-2/h8-10H,6-7,11-12H2,1-5H3,(H,24,25,31). The lowest BCUT2D eigenvalue weighted by Gasteiger charge is -2.31. The molecule has 0 fully saturated rings. The van der Waals surface area contributed by atoms with Crippen LogP contribution >= 0.6 is 0 Å². The van der Waals surface area contributed by atoms with E-state index in [2.05, 4.69) is 41.1 Å². The van der Waals surface area contributed by atoms with Gasteiger partial charge in [-0.2, -0.15) is 5.10 Å². The zero-order chi connectivity index (χ0) is 22.5. The average Bonchev–Trinajstić information content (AvgIpc) is 3.16. The number of carbonyl (C=O) groups is 2. The second kappa shape index (κ2) is 7.47. The fourth-order valence-corrected chi connectivity index (χ4v) is 4.35. The van der Waals surface area contributed by atoms with Crippen molar-refractivity contribution in [2.75, 3.05) is 23.3 Å². The molecule has 0 radical (unpaired) electrons. The topological polar surface area (TPSA) is 85.0 Å². The summed E-state index contributed by atoms with van der Waals surface area (Å²) in [4.78, 5) is 31.4. The first-order valence-electron chi connectivity index (χ1n) is 10.5. The van der Waals surface area contributed by atoms with Gasteiger partial charge in [-0.15, -0.1) is 0 Å². The highest BCUT2D eigenvalue weighted by Gasteiger charge is 2.32. The highest BCUT2D eigenvalue weighted by atomic mass is 19.1. The number of hydrogen-bond donors (Lipinski definition) is 1. The number of benzene rings is 1. The largest absolute Gasteiger partial charge is 0.369 e. The van der Waals surface area contributed by atoms with Gasteiger partial charge in [-0.05, 0) is 32.9 Å². The molecule has 3 heterocycles. The van der Waals surface area contributed by atoms with E-state index < -0.39 is 11.7 Å². The number of hydrogen-bond acceptors (Lipinski definition) is 5. The molecule has 1 amide bonds. The first kappa shape index (κ1) is 21.0. The number of aldehydes is 1. The Labute approximate surface area is 180 Å². The van der Waals surface area contributed by atoms with Crippen molar-refractivity contribution in [3.05, 3.63) is 34.9 Å². The molecule has 31 heavy (non-hydrogen) atoms. The second-order valence-corrected chi connectivity index (χ2v) is 8.74. The third-order valence-corrected chi connectivity index (χ3v) is 5.70. The van der Waals surface area contributed by atoms with Gasteiger partial charge in [0.25, 0.3) is 5.91 Å². The molecule has 1 aromatic carbocycles. The number of nitrogens with zero attached hydrogens (tertiary/aromatic N) is 5. The van der Waals surface area contributed by atoms with Gasteiger partial charge in [0.05, 0.1) is 22.4 Å². The van der Waals surface area contributed by atoms with E-state index in [-0.39, 0.29) is 16.8 Å². The van der Waals surface area contributed by atoms with Crippen LogP contribution in [0.25, 0.3) is 11.0 Å². The second-order valence-electron chi connectivity index (χ2n) is 8.74. The number of rotatable bonds is 5. The average molecular weight is 426 g/mol. The molecule has 1 aliphatic heterocycles. The summed E-state index contributed by atoms with van der Waals surface area (Å²) in [6, 6.07) is 3.57. The Morgan fingerprint density at radius 2 is 2.00 bits per heavy atom. The van der Waals surface area contributed by atoms with E-state index in [4.69, 9.17) is 0 Å². The minimum atomic E-state index is -0.632. The molecule has 164 valence electrons. The van der Waals surface area contributed by atoms with Crippen LogP contribution in [-0.4, -0.2) is 44.6 Å². The molecule has 4 rings (SSSR count). The van der Waals surface area contributed by atoms with E-state index in [1.54, 1.807) is 13.0 Å². The molecule has 0 aliphatic carbocycles. The number of anilines is 2. The van der Waals surface area contributed by atoms with Crippen LogP contribution in [0, 0.1) is 18.2 Å². The van der Waals surface area contributed by atoms with Gasteiger partial charge in [0.1, 0.15) is 6.29 Å². The SMILES string of the molecule is CCN1CC(C)(C)Cn2c(NC(=O)c3c(F)c(C)nn3CC)nc3cc(C=O)cc1c32. The number of aryl methyl sites for hydroxylation is 2. The fraction of sp³-hybridized carbons (Fsp3) is 0.455. The molecule has 0 saturated heterocycles. The molecule has 1 N–H and O–H groups in total. The highest BCUT2D eigenvalue weighted by molar-refractivity contribution is 6.04. The third kappa shape index (κ3) is 3.47. The molecule has 0 spiro atoms. The van der Waals surface area contributed by atoms with Gasteiger partial charge in [-0.25, -0.2) is 9.37 Å². The third-order valence-electron chi connectivity index (χ3n) is 5.70. The zero-order valence-corrected chi connectivity index (χ0v) is 18.5. The minimum absolute atomic E-state index is 0.114. The summed E-state index contributed by atoms with van der Waals surface area (Å²) in [5.74, 6) is -0.901. The Morgan fingerprint density at radius 3 is 2.65 bits per heavy atom. The van der Waals surface area contributed by atoms with Crippen molar-refractivity contribution in [2.24, 2.45) is 5.41 Å². The summed E-state index contributed by atoms with van der Waals surface area (Å²) < 4.78 is 17.9. The zero-order valence-electron chi connectivity index (χ0n) is 18.5. The van der Waals surface area contributed by atoms with Crippen LogP contribution in [0.2, 0.25) is 0 Å². The Kier molecular flexibility index (Phi) is 5.07. The number of amides is 1. The number of aromatic nitrogens is 4. The minimum Gasteiger partial charge on any atom is -0.369 e. The summed E-state index contributed by atoms with van der Waals surface area (Å²) in [7, 11) is 0. The summed E-state index contributed by atoms with van der Waals surface area (Å²) in [5, 5.41) is 6.89. The molecule has 9 heteroatoms. The molecule has 3 aromatic rings. The van der Waals surface area contributed by atoms with Gasteiger partial charge in [0, 0.05) is 37.2 Å². The van der Waals surface area contributed by atoms with Crippen LogP contribution in [0.1, 0.15) is 54.2 Å². The highest BCUT2D eigenvalue weighted by Crippen LogP contribution is 2.38. The van der Waals surface area contributed by atoms with Crippen molar-refractivity contribution in [3.8, 4) is 0 Å². The van der Waals surface area contributed by atoms with Crippen LogP contribution in [0.5, 0.6) is 0 Å². The Hall–Kier alpha value is -3.23. The summed E-state index contributed by atoms with van der Waals surface area (Å²) in [6.45, 7) is 12.2. The number of nitrogens with one attached hydrogen (secondary N) is 1. The monoisotopic (exact) mass is 426 g/mol. The van der Waals surface area contributed by atoms with Crippen molar-refractivity contribution in [1.82, 2.24) is 19.3 Å². The maximum Gasteiger partial charge on any atom is 0.279 e. The van der Waals surface area contributed by atoms with Crippen molar-refractivity contribution in [3.63, 3.8) is 0 Å². The first-order valence-corrected chi connectivity index (χ1v) is 10.5. The lowest BCUT2D eigenvalue weighted by atomic mass is 9.93. The lowest BCUT2D eigenvalue weighted by molar-refractivity contribution is 0.101. The van der Waals surface area contributed by atoms with Crippen molar-refractivity contribution in [1.29, 1.82) is 0 Å². The van der Waals surface area contributed by atoms with Crippen LogP contribution < -0.4 is 10.2 Å². The predicted octanol–water partition coefficient (Wildman–Crippen LogP) is 3.63. The first-order chi connectivity index (χ1) is 14.7. The molecule has 0 atom stereocenters. The van der Waals surface area contributed by atoms with E-state index in [9.17, 15) is 14.0 Å². The molecule has 0 saturated carbocycles. The van der Waals surface area contributed by atoms with Gasteiger partial charge in [0.2, 0.25) is 5.95 Å². The van der Waals surface area contributed by atoms with Gasteiger partial charge in [0.15, 0.2) is 11.5 Å². The van der Waals surface area contributed by atoms with Crippen molar-refractivity contribution in [2.45, 2.75) is 47.7 Å². The van der Waals surface area contributed by atoms with Crippen molar-refractivity contribution >= 4 is 34.9 Å². The van der Waals surface area contributed by atoms with E-state index in [1.807, 2.05) is 10.6 Å². The molecule has 8 nitrogen and oxygen atoms in total. The van der Waals surface area contributed by atoms with E-state index in [0.717, 1.165) is 30.6 Å². The summed E-state index contributed by atoms with van der Waals surface area (Å²) >= 11 is 0. The molecular formula is C22H27FN6O2. The van der Waals surface area contributed by atoms with Crippen molar-refractivity contribution < 1.29 is 14.0 Å². The molecular weight excluding hydrogens is 399 g/mol. The van der Waals surface area contributed by atoms with Gasteiger partial charge >= 0.3 is 0 Å². The van der Waals surface area contributed by atoms with Crippen LogP contribution in [0.4, 0.5) is 16.0 Å².